The zero-order valence-electron chi connectivity index (χ0n) is 12.2. The van der Waals surface area contributed by atoms with E-state index in [1.54, 1.807) is 17.5 Å². The van der Waals surface area contributed by atoms with Gasteiger partial charge in [0.1, 0.15) is 5.01 Å². The normalized spacial score (nSPS) is 21.3. The summed E-state index contributed by atoms with van der Waals surface area (Å²) in [4.78, 5) is 16.3. The Morgan fingerprint density at radius 1 is 1.27 bits per heavy atom. The van der Waals surface area contributed by atoms with E-state index in [-0.39, 0.29) is 18.2 Å². The highest BCUT2D eigenvalue weighted by atomic mass is 32.1. The van der Waals surface area contributed by atoms with Crippen LogP contribution in [0.3, 0.4) is 0 Å². The van der Waals surface area contributed by atoms with Crippen LogP contribution in [-0.2, 0) is 0 Å². The number of nitrogens with one attached hydrogen (secondary N) is 2. The second-order valence-corrected chi connectivity index (χ2v) is 6.42. The quantitative estimate of drug-likeness (QED) is 0.813. The molecular formula is C16H19N3O2S. The molecule has 0 atom stereocenters. The number of carbonyl (C=O) groups is 1. The summed E-state index contributed by atoms with van der Waals surface area (Å²) in [5.74, 6) is 0. The van der Waals surface area contributed by atoms with Crippen LogP contribution in [0.5, 0.6) is 0 Å². The number of hydrogen-bond acceptors (Lipinski definition) is 4. The lowest BCUT2D eigenvalue weighted by Crippen LogP contribution is -2.40. The number of urea groups is 1. The van der Waals surface area contributed by atoms with E-state index in [0.29, 0.717) is 0 Å². The highest BCUT2D eigenvalue weighted by Gasteiger charge is 2.20. The Labute approximate surface area is 133 Å². The summed E-state index contributed by atoms with van der Waals surface area (Å²) in [5, 5.41) is 18.2. The van der Waals surface area contributed by atoms with Crippen LogP contribution in [0, 0.1) is 0 Å². The van der Waals surface area contributed by atoms with Crippen LogP contribution in [0.2, 0.25) is 0 Å². The summed E-state index contributed by atoms with van der Waals surface area (Å²) in [6, 6.07) is 7.61. The number of hydrogen-bond donors (Lipinski definition) is 3. The molecule has 0 radical (unpaired) electrons. The number of nitrogens with zero attached hydrogens (tertiary/aromatic N) is 1. The molecule has 3 N–H and O–H groups in total. The molecule has 5 nitrogen and oxygen atoms in total. The smallest absolute Gasteiger partial charge is 0.319 e. The number of anilines is 1. The van der Waals surface area contributed by atoms with Crippen LogP contribution in [0.25, 0.3) is 10.6 Å². The number of rotatable bonds is 3. The van der Waals surface area contributed by atoms with E-state index in [2.05, 4.69) is 15.6 Å². The number of aliphatic hydroxyl groups is 1. The van der Waals surface area contributed by atoms with E-state index in [1.807, 2.05) is 29.6 Å². The Balaban J connectivity index is 1.58. The van der Waals surface area contributed by atoms with Gasteiger partial charge in [-0.3, -0.25) is 0 Å². The molecule has 2 amide bonds. The molecular weight excluding hydrogens is 298 g/mol. The Hall–Kier alpha value is -1.92. The Morgan fingerprint density at radius 2 is 2.09 bits per heavy atom. The summed E-state index contributed by atoms with van der Waals surface area (Å²) >= 11 is 1.57. The van der Waals surface area contributed by atoms with Crippen molar-refractivity contribution in [3.05, 3.63) is 35.8 Å². The van der Waals surface area contributed by atoms with E-state index >= 15 is 0 Å². The average molecular weight is 317 g/mol. The van der Waals surface area contributed by atoms with Gasteiger partial charge in [-0.1, -0.05) is 12.1 Å². The fourth-order valence-electron chi connectivity index (χ4n) is 2.67. The van der Waals surface area contributed by atoms with E-state index in [1.165, 1.54) is 0 Å². The second kappa shape index (κ2) is 6.89. The first kappa shape index (κ1) is 15.0. The number of aliphatic hydroxyl groups excluding tert-OH is 1. The van der Waals surface area contributed by atoms with Crippen LogP contribution >= 0.6 is 11.3 Å². The van der Waals surface area contributed by atoms with Gasteiger partial charge in [-0.05, 0) is 37.8 Å². The van der Waals surface area contributed by atoms with E-state index in [4.69, 9.17) is 0 Å². The van der Waals surface area contributed by atoms with Crippen LogP contribution in [0.4, 0.5) is 10.5 Å². The highest BCUT2D eigenvalue weighted by molar-refractivity contribution is 7.13. The molecule has 0 aliphatic heterocycles. The van der Waals surface area contributed by atoms with Crippen molar-refractivity contribution in [2.45, 2.75) is 37.8 Å². The minimum absolute atomic E-state index is 0.144. The van der Waals surface area contributed by atoms with Gasteiger partial charge in [0.15, 0.2) is 0 Å². The number of carbonyl (C=O) groups excluding carboxylic acids is 1. The molecule has 0 unspecified atom stereocenters. The lowest BCUT2D eigenvalue weighted by atomic mass is 9.93. The minimum atomic E-state index is -0.212. The number of amides is 2. The Kier molecular flexibility index (Phi) is 4.70. The molecule has 0 bridgehead atoms. The van der Waals surface area contributed by atoms with Gasteiger partial charge in [-0.2, -0.15) is 0 Å². The summed E-state index contributed by atoms with van der Waals surface area (Å²) in [5.41, 5.74) is 1.75. The number of benzene rings is 1. The van der Waals surface area contributed by atoms with Crippen LogP contribution in [-0.4, -0.2) is 28.3 Å². The zero-order chi connectivity index (χ0) is 15.4. The lowest BCUT2D eigenvalue weighted by molar-refractivity contribution is 0.118. The Bertz CT molecular complexity index is 622. The van der Waals surface area contributed by atoms with Gasteiger partial charge < -0.3 is 15.7 Å². The molecule has 1 saturated carbocycles. The predicted molar refractivity (Wildman–Crippen MR) is 88.0 cm³/mol. The van der Waals surface area contributed by atoms with Gasteiger partial charge in [0.2, 0.25) is 0 Å². The molecule has 2 aromatic rings. The minimum Gasteiger partial charge on any atom is -0.393 e. The van der Waals surface area contributed by atoms with E-state index < -0.39 is 0 Å². The van der Waals surface area contributed by atoms with Gasteiger partial charge in [-0.15, -0.1) is 11.3 Å². The van der Waals surface area contributed by atoms with Crippen molar-refractivity contribution in [1.82, 2.24) is 10.3 Å². The molecule has 1 aromatic heterocycles. The maximum Gasteiger partial charge on any atom is 0.319 e. The SMILES string of the molecule is O=C(Nc1cccc(-c2nccs2)c1)NC1CCC(O)CC1. The summed E-state index contributed by atoms with van der Waals surface area (Å²) < 4.78 is 0. The number of thiazole rings is 1. The summed E-state index contributed by atoms with van der Waals surface area (Å²) in [6.07, 6.45) is 4.72. The van der Waals surface area contributed by atoms with Crippen molar-refractivity contribution < 1.29 is 9.90 Å². The fraction of sp³-hybridized carbons (Fsp3) is 0.375. The first-order valence-electron chi connectivity index (χ1n) is 7.46. The van der Waals surface area contributed by atoms with Crippen molar-refractivity contribution in [1.29, 1.82) is 0 Å². The molecule has 3 rings (SSSR count). The molecule has 1 aliphatic rings. The molecule has 6 heteroatoms. The van der Waals surface area contributed by atoms with Crippen molar-refractivity contribution in [2.24, 2.45) is 0 Å². The maximum atomic E-state index is 12.1. The first-order valence-corrected chi connectivity index (χ1v) is 8.34. The molecule has 1 aliphatic carbocycles. The third kappa shape index (κ3) is 3.84. The van der Waals surface area contributed by atoms with E-state index in [0.717, 1.165) is 41.9 Å². The van der Waals surface area contributed by atoms with Crippen molar-refractivity contribution in [3.8, 4) is 10.6 Å². The highest BCUT2D eigenvalue weighted by Crippen LogP contribution is 2.24. The van der Waals surface area contributed by atoms with Crippen LogP contribution in [0.15, 0.2) is 35.8 Å². The molecule has 1 fully saturated rings. The molecule has 0 saturated heterocycles. The van der Waals surface area contributed by atoms with Crippen molar-refractivity contribution in [3.63, 3.8) is 0 Å². The molecule has 1 heterocycles. The third-order valence-corrected chi connectivity index (χ3v) is 4.65. The second-order valence-electron chi connectivity index (χ2n) is 5.52. The lowest BCUT2D eigenvalue weighted by Gasteiger charge is -2.26. The first-order chi connectivity index (χ1) is 10.7. The van der Waals surface area contributed by atoms with Gasteiger partial charge >= 0.3 is 6.03 Å². The van der Waals surface area contributed by atoms with Gasteiger partial charge in [0.25, 0.3) is 0 Å². The molecule has 22 heavy (non-hydrogen) atoms. The topological polar surface area (TPSA) is 74.2 Å². The monoisotopic (exact) mass is 317 g/mol. The average Bonchev–Trinajstić information content (AvgIpc) is 3.04. The number of aromatic nitrogens is 1. The Morgan fingerprint density at radius 3 is 2.82 bits per heavy atom. The molecule has 116 valence electrons. The van der Waals surface area contributed by atoms with Crippen LogP contribution in [0.1, 0.15) is 25.7 Å². The third-order valence-electron chi connectivity index (χ3n) is 3.83. The van der Waals surface area contributed by atoms with Gasteiger partial charge in [0.05, 0.1) is 6.10 Å². The van der Waals surface area contributed by atoms with Gasteiger partial charge in [0, 0.05) is 28.9 Å². The van der Waals surface area contributed by atoms with Crippen LogP contribution < -0.4 is 10.6 Å². The maximum absolute atomic E-state index is 12.1. The summed E-state index contributed by atoms with van der Waals surface area (Å²) in [6.45, 7) is 0. The molecule has 1 aromatic carbocycles. The standard InChI is InChI=1S/C16H19N3O2S/c20-14-6-4-12(5-7-14)18-16(21)19-13-3-1-2-11(10-13)15-17-8-9-22-15/h1-3,8-10,12,14,20H,4-7H2,(H2,18,19,21). The molecule has 0 spiro atoms. The van der Waals surface area contributed by atoms with Crippen molar-refractivity contribution in [2.75, 3.05) is 5.32 Å². The fourth-order valence-corrected chi connectivity index (χ4v) is 3.30. The predicted octanol–water partition coefficient (Wildman–Crippen LogP) is 3.24. The van der Waals surface area contributed by atoms with E-state index in [9.17, 15) is 9.90 Å². The van der Waals surface area contributed by atoms with Crippen molar-refractivity contribution >= 4 is 23.1 Å². The summed E-state index contributed by atoms with van der Waals surface area (Å²) in [7, 11) is 0. The zero-order valence-corrected chi connectivity index (χ0v) is 13.0. The van der Waals surface area contributed by atoms with Gasteiger partial charge in [-0.25, -0.2) is 9.78 Å². The largest absolute Gasteiger partial charge is 0.393 e.